The summed E-state index contributed by atoms with van der Waals surface area (Å²) in [5.41, 5.74) is -0.691. The van der Waals surface area contributed by atoms with Crippen molar-refractivity contribution in [3.8, 4) is 6.07 Å². The monoisotopic (exact) mass is 416 g/mol. The van der Waals surface area contributed by atoms with Crippen molar-refractivity contribution in [3.63, 3.8) is 0 Å². The molecular formula is C24H20N2O5. The average molecular weight is 416 g/mol. The molecule has 0 aromatic heterocycles. The van der Waals surface area contributed by atoms with Gasteiger partial charge in [0, 0.05) is 16.8 Å². The zero-order valence-corrected chi connectivity index (χ0v) is 16.9. The number of imide groups is 1. The first-order chi connectivity index (χ1) is 14.8. The zero-order chi connectivity index (χ0) is 22.0. The highest BCUT2D eigenvalue weighted by atomic mass is 16.5. The Morgan fingerprint density at radius 1 is 1.19 bits per heavy atom. The summed E-state index contributed by atoms with van der Waals surface area (Å²) in [5, 5.41) is 19.7. The van der Waals surface area contributed by atoms with Gasteiger partial charge in [-0.25, -0.2) is 9.69 Å². The summed E-state index contributed by atoms with van der Waals surface area (Å²) in [7, 11) is 0. The quantitative estimate of drug-likeness (QED) is 0.606. The number of hydrogen-bond donors (Lipinski definition) is 1. The number of anilines is 1. The predicted molar refractivity (Wildman–Crippen MR) is 111 cm³/mol. The first-order valence-electron chi connectivity index (χ1n) is 10.2. The number of carbonyl (C=O) groups is 3. The fraction of sp³-hybridized carbons (Fsp3) is 0.333. The number of carboxylic acid groups (broad SMARTS) is 1. The summed E-state index contributed by atoms with van der Waals surface area (Å²) in [6.07, 6.45) is 4.05. The van der Waals surface area contributed by atoms with Crippen LogP contribution >= 0.6 is 0 Å². The second kappa shape index (κ2) is 6.50. The number of fused-ring (bicyclic) bond motifs is 6. The Balaban J connectivity index is 1.61. The zero-order valence-electron chi connectivity index (χ0n) is 16.9. The highest BCUT2D eigenvalue weighted by Crippen LogP contribution is 2.62. The molecule has 3 heterocycles. The van der Waals surface area contributed by atoms with E-state index in [-0.39, 0.29) is 18.2 Å². The summed E-state index contributed by atoms with van der Waals surface area (Å²) < 4.78 is 6.29. The Kier molecular flexibility index (Phi) is 4.08. The molecule has 5 rings (SSSR count). The highest BCUT2D eigenvalue weighted by Gasteiger charge is 2.73. The van der Waals surface area contributed by atoms with E-state index in [1.165, 1.54) is 11.0 Å². The normalized spacial score (nSPS) is 31.5. The number of rotatable bonds is 4. The molecule has 4 atom stereocenters. The van der Waals surface area contributed by atoms with E-state index in [4.69, 9.17) is 9.84 Å². The summed E-state index contributed by atoms with van der Waals surface area (Å²) >= 11 is 0. The van der Waals surface area contributed by atoms with Crippen molar-refractivity contribution in [1.29, 1.82) is 5.26 Å². The molecule has 3 saturated heterocycles. The van der Waals surface area contributed by atoms with Crippen molar-refractivity contribution in [3.05, 3.63) is 54.1 Å². The summed E-state index contributed by atoms with van der Waals surface area (Å²) in [4.78, 5) is 39.4. The van der Waals surface area contributed by atoms with Crippen LogP contribution in [0.25, 0.3) is 10.8 Å². The lowest BCUT2D eigenvalue weighted by Crippen LogP contribution is -2.41. The van der Waals surface area contributed by atoms with Crippen LogP contribution in [0, 0.1) is 23.2 Å². The lowest BCUT2D eigenvalue weighted by Gasteiger charge is -2.30. The summed E-state index contributed by atoms with van der Waals surface area (Å²) in [6.45, 7) is 1.87. The fourth-order valence-corrected chi connectivity index (χ4v) is 5.72. The molecule has 0 saturated carbocycles. The van der Waals surface area contributed by atoms with Crippen molar-refractivity contribution in [1.82, 2.24) is 0 Å². The molecule has 2 aromatic carbocycles. The molecule has 0 unspecified atom stereocenters. The minimum Gasteiger partial charge on any atom is -0.478 e. The molecule has 3 aliphatic rings. The molecule has 0 radical (unpaired) electrons. The molecule has 7 heteroatoms. The van der Waals surface area contributed by atoms with E-state index in [2.05, 4.69) is 6.07 Å². The van der Waals surface area contributed by atoms with Gasteiger partial charge in [-0.1, -0.05) is 30.3 Å². The van der Waals surface area contributed by atoms with Crippen LogP contribution in [-0.2, 0) is 19.1 Å². The average Bonchev–Trinajstić information content (AvgIpc) is 3.32. The molecule has 156 valence electrons. The van der Waals surface area contributed by atoms with Crippen molar-refractivity contribution in [2.24, 2.45) is 11.8 Å². The number of ether oxygens (including phenoxy) is 1. The number of carboxylic acids is 1. The molecule has 3 fully saturated rings. The van der Waals surface area contributed by atoms with Crippen LogP contribution in [0.2, 0.25) is 0 Å². The number of aliphatic carboxylic acids is 1. The van der Waals surface area contributed by atoms with E-state index >= 15 is 0 Å². The van der Waals surface area contributed by atoms with E-state index in [1.807, 2.05) is 19.1 Å². The van der Waals surface area contributed by atoms with Gasteiger partial charge in [-0.2, -0.15) is 5.26 Å². The van der Waals surface area contributed by atoms with Gasteiger partial charge in [-0.15, -0.1) is 0 Å². The van der Waals surface area contributed by atoms with Crippen LogP contribution in [0.1, 0.15) is 31.7 Å². The molecule has 0 aliphatic carbocycles. The maximum Gasteiger partial charge on any atom is 0.327 e. The van der Waals surface area contributed by atoms with Gasteiger partial charge in [0.05, 0.1) is 40.4 Å². The first-order valence-corrected chi connectivity index (χ1v) is 10.2. The SMILES string of the molecule is C[C@]12CC[C@](C/C=C/C(=O)O)(O1)[C@@H]1C(=O)N(c3ccc(C#N)c4ccccc34)C(=O)[C@@H]12. The number of nitriles is 1. The lowest BCUT2D eigenvalue weighted by molar-refractivity contribution is -0.131. The van der Waals surface area contributed by atoms with Gasteiger partial charge in [0.25, 0.3) is 0 Å². The standard InChI is InChI=1S/C24H20N2O5/c1-23-11-12-24(31-23,10-4-7-18(27)28)20-19(23)21(29)26(22(20)30)17-9-8-14(13-25)15-5-2-3-6-16(15)17/h2-9,19-20H,10-12H2,1H3,(H,27,28)/b7-4+/t19-,20+,23-,24+/m1/s1. The van der Waals surface area contributed by atoms with Crippen molar-refractivity contribution in [2.45, 2.75) is 37.4 Å². The summed E-state index contributed by atoms with van der Waals surface area (Å²) in [5.74, 6) is -2.95. The first kappa shape index (κ1) is 19.5. The predicted octanol–water partition coefficient (Wildman–Crippen LogP) is 3.17. The van der Waals surface area contributed by atoms with E-state index < -0.39 is 29.0 Å². The van der Waals surface area contributed by atoms with Gasteiger partial charge in [-0.3, -0.25) is 9.59 Å². The van der Waals surface area contributed by atoms with Crippen molar-refractivity contribution in [2.75, 3.05) is 4.90 Å². The third-order valence-corrected chi connectivity index (χ3v) is 7.00. The van der Waals surface area contributed by atoms with Gasteiger partial charge in [0.1, 0.15) is 0 Å². The highest BCUT2D eigenvalue weighted by molar-refractivity contribution is 6.26. The minimum atomic E-state index is -1.06. The molecule has 0 spiro atoms. The van der Waals surface area contributed by atoms with Gasteiger partial charge in [-0.05, 0) is 38.3 Å². The fourth-order valence-electron chi connectivity index (χ4n) is 5.72. The molecular weight excluding hydrogens is 396 g/mol. The van der Waals surface area contributed by atoms with Gasteiger partial charge in [0.2, 0.25) is 11.8 Å². The van der Waals surface area contributed by atoms with Gasteiger partial charge >= 0.3 is 5.97 Å². The molecule has 3 aliphatic heterocycles. The van der Waals surface area contributed by atoms with Crippen LogP contribution in [0.15, 0.2) is 48.6 Å². The Hall–Kier alpha value is -3.50. The second-order valence-electron chi connectivity index (χ2n) is 8.68. The lowest BCUT2D eigenvalue weighted by atomic mass is 9.67. The van der Waals surface area contributed by atoms with E-state index in [0.717, 1.165) is 6.08 Å². The summed E-state index contributed by atoms with van der Waals surface area (Å²) in [6, 6.07) is 12.7. The smallest absolute Gasteiger partial charge is 0.327 e. The molecule has 7 nitrogen and oxygen atoms in total. The number of amides is 2. The van der Waals surface area contributed by atoms with Gasteiger partial charge < -0.3 is 9.84 Å². The third kappa shape index (κ3) is 2.58. The maximum absolute atomic E-state index is 13.6. The van der Waals surface area contributed by atoms with Crippen LogP contribution in [0.3, 0.4) is 0 Å². The van der Waals surface area contributed by atoms with Gasteiger partial charge in [0.15, 0.2) is 0 Å². The molecule has 1 N–H and O–H groups in total. The topological polar surface area (TPSA) is 108 Å². The van der Waals surface area contributed by atoms with Crippen molar-refractivity contribution < 1.29 is 24.2 Å². The molecule has 2 amide bonds. The van der Waals surface area contributed by atoms with E-state index in [0.29, 0.717) is 34.9 Å². The molecule has 31 heavy (non-hydrogen) atoms. The molecule has 2 aromatic rings. The van der Waals surface area contributed by atoms with E-state index in [1.54, 1.807) is 24.3 Å². The minimum absolute atomic E-state index is 0.261. The number of hydrogen-bond acceptors (Lipinski definition) is 5. The van der Waals surface area contributed by atoms with Crippen molar-refractivity contribution >= 4 is 34.2 Å². The Morgan fingerprint density at radius 3 is 2.61 bits per heavy atom. The second-order valence-corrected chi connectivity index (χ2v) is 8.68. The largest absolute Gasteiger partial charge is 0.478 e. The van der Waals surface area contributed by atoms with Crippen LogP contribution in [0.4, 0.5) is 5.69 Å². The Labute approximate surface area is 178 Å². The van der Waals surface area contributed by atoms with E-state index in [9.17, 15) is 19.6 Å². The third-order valence-electron chi connectivity index (χ3n) is 7.00. The molecule has 2 bridgehead atoms. The van der Waals surface area contributed by atoms with Crippen LogP contribution < -0.4 is 4.90 Å². The van der Waals surface area contributed by atoms with Crippen LogP contribution in [-0.4, -0.2) is 34.1 Å². The van der Waals surface area contributed by atoms with Crippen LogP contribution in [0.5, 0.6) is 0 Å². The number of carbonyl (C=O) groups excluding carboxylic acids is 2. The number of benzene rings is 2. The maximum atomic E-state index is 13.6. The number of nitrogens with zero attached hydrogens (tertiary/aromatic N) is 2. The Bertz CT molecular complexity index is 1230. The Morgan fingerprint density at radius 2 is 1.90 bits per heavy atom.